The molecule has 0 bridgehead atoms. The topological polar surface area (TPSA) is 205 Å². The highest BCUT2D eigenvalue weighted by atomic mass is 35.5. The van der Waals surface area contributed by atoms with Gasteiger partial charge in [0.25, 0.3) is 11.8 Å². The van der Waals surface area contributed by atoms with Gasteiger partial charge in [-0.15, -0.1) is 11.6 Å². The Morgan fingerprint density at radius 2 is 1.95 bits per heavy atom. The molecular formula is C21H23B2ClN6O10S2. The number of hydrogen-bond donors (Lipinski definition) is 2. The van der Waals surface area contributed by atoms with Crippen LogP contribution < -0.4 is 10.6 Å². The van der Waals surface area contributed by atoms with Crippen molar-refractivity contribution < 1.29 is 47.1 Å². The summed E-state index contributed by atoms with van der Waals surface area (Å²) in [6.07, 6.45) is -2.14. The summed E-state index contributed by atoms with van der Waals surface area (Å²) >= 11 is 6.52. The van der Waals surface area contributed by atoms with E-state index in [2.05, 4.69) is 34.5 Å². The maximum atomic E-state index is 13.4. The van der Waals surface area contributed by atoms with Gasteiger partial charge in [-0.25, -0.2) is 14.4 Å². The molecule has 1 aromatic heterocycles. The van der Waals surface area contributed by atoms with E-state index in [1.165, 1.54) is 0 Å². The van der Waals surface area contributed by atoms with E-state index in [1.807, 2.05) is 0 Å². The molecule has 1 saturated heterocycles. The van der Waals surface area contributed by atoms with Gasteiger partial charge >= 0.3 is 34.1 Å². The molecule has 2 aliphatic heterocycles. The van der Waals surface area contributed by atoms with Crippen molar-refractivity contribution in [3.05, 3.63) is 17.1 Å². The summed E-state index contributed by atoms with van der Waals surface area (Å²) in [5.74, 6) is -4.76. The van der Waals surface area contributed by atoms with Crippen molar-refractivity contribution in [3.63, 3.8) is 0 Å². The predicted molar refractivity (Wildman–Crippen MR) is 148 cm³/mol. The lowest BCUT2D eigenvalue weighted by atomic mass is 10.0. The van der Waals surface area contributed by atoms with Gasteiger partial charge < -0.3 is 24.2 Å². The lowest BCUT2D eigenvalue weighted by Gasteiger charge is -2.49. The fourth-order valence-electron chi connectivity index (χ4n) is 3.63. The third kappa shape index (κ3) is 7.27. The second-order valence-electron chi connectivity index (χ2n) is 9.50. The van der Waals surface area contributed by atoms with Gasteiger partial charge in [0.05, 0.1) is 16.6 Å². The Bertz CT molecular complexity index is 1370. The molecule has 1 fully saturated rings. The number of aromatic nitrogens is 2. The van der Waals surface area contributed by atoms with Crippen LogP contribution in [-0.4, -0.2) is 105 Å². The van der Waals surface area contributed by atoms with Crippen molar-refractivity contribution in [2.75, 3.05) is 16.9 Å². The lowest BCUT2D eigenvalue weighted by Crippen LogP contribution is -2.74. The van der Waals surface area contributed by atoms with E-state index in [-0.39, 0.29) is 40.3 Å². The summed E-state index contributed by atoms with van der Waals surface area (Å²) in [6.45, 7) is 6.50. The maximum absolute atomic E-state index is 13.4. The monoisotopic (exact) mass is 640 g/mol. The van der Waals surface area contributed by atoms with Crippen LogP contribution >= 0.6 is 23.1 Å². The first-order chi connectivity index (χ1) is 19.8. The number of nitrogens with zero attached hydrogens (tertiary/aromatic N) is 4. The molecule has 16 nitrogen and oxygen atoms in total. The van der Waals surface area contributed by atoms with Crippen LogP contribution in [0, 0.1) is 0 Å². The molecule has 0 aromatic carbocycles. The minimum absolute atomic E-state index is 0.0385. The molecule has 3 amide bonds. The van der Waals surface area contributed by atoms with E-state index >= 15 is 0 Å². The first kappa shape index (κ1) is 33.0. The van der Waals surface area contributed by atoms with Gasteiger partial charge in [0.2, 0.25) is 22.8 Å². The number of amides is 3. The normalized spacial score (nSPS) is 21.0. The second-order valence-corrected chi connectivity index (χ2v) is 12.0. The first-order valence-electron chi connectivity index (χ1n) is 11.9. The van der Waals surface area contributed by atoms with Crippen molar-refractivity contribution in [1.82, 2.24) is 19.6 Å². The third-order valence-electron chi connectivity index (χ3n) is 5.43. The average molecular weight is 641 g/mol. The number of hydrogen-bond acceptors (Lipinski definition) is 14. The minimum atomic E-state index is -1.79. The van der Waals surface area contributed by atoms with Gasteiger partial charge in [0.1, 0.15) is 22.7 Å². The molecule has 4 radical (unpaired) electrons. The van der Waals surface area contributed by atoms with Crippen LogP contribution in [0.3, 0.4) is 0 Å². The van der Waals surface area contributed by atoms with E-state index in [4.69, 9.17) is 37.3 Å². The number of ether oxygens (including phenoxy) is 1. The molecule has 21 heteroatoms. The summed E-state index contributed by atoms with van der Waals surface area (Å²) in [4.78, 5) is 72.7. The Morgan fingerprint density at radius 1 is 1.26 bits per heavy atom. The van der Waals surface area contributed by atoms with Gasteiger partial charge in [-0.2, -0.15) is 9.36 Å². The molecule has 2 aliphatic rings. The van der Waals surface area contributed by atoms with Gasteiger partial charge in [0.15, 0.2) is 0 Å². The highest BCUT2D eigenvalue weighted by molar-refractivity contribution is 7.86. The van der Waals surface area contributed by atoms with E-state index in [0.29, 0.717) is 11.5 Å². The highest BCUT2D eigenvalue weighted by Crippen LogP contribution is 2.35. The molecule has 42 heavy (non-hydrogen) atoms. The highest BCUT2D eigenvalue weighted by Gasteiger charge is 2.57. The summed E-state index contributed by atoms with van der Waals surface area (Å²) in [5.41, 5.74) is -1.54. The molecule has 0 spiro atoms. The number of oxime groups is 1. The van der Waals surface area contributed by atoms with Crippen LogP contribution in [0.4, 0.5) is 9.93 Å². The minimum Gasteiger partial charge on any atom is -0.541 e. The van der Waals surface area contributed by atoms with Crippen molar-refractivity contribution in [1.29, 1.82) is 0 Å². The SMILES string of the molecule is [B]OC(=O)C1=C(CCl)CS(=O)[C@@H]2[C@H](NC(=O)/C(=N\O[C@@H](CC)C(=O)O[B])c3nsc(NC(=O)OC(C)(C)C)n3)C(=O)N12. The Balaban J connectivity index is 1.89. The van der Waals surface area contributed by atoms with Crippen LogP contribution in [0.2, 0.25) is 0 Å². The van der Waals surface area contributed by atoms with Crippen LogP contribution in [0.15, 0.2) is 16.4 Å². The smallest absolute Gasteiger partial charge is 0.414 e. The summed E-state index contributed by atoms with van der Waals surface area (Å²) < 4.78 is 30.5. The average Bonchev–Trinajstić information content (AvgIpc) is 3.38. The number of carbonyl (C=O) groups excluding carboxylic acids is 5. The fourth-order valence-corrected chi connectivity index (χ4v) is 6.21. The zero-order valence-corrected chi connectivity index (χ0v) is 25.0. The number of anilines is 1. The fraction of sp³-hybridized carbons (Fsp3) is 0.524. The van der Waals surface area contributed by atoms with E-state index in [9.17, 15) is 28.2 Å². The summed E-state index contributed by atoms with van der Waals surface area (Å²) in [5, 5.41) is 7.16. The largest absolute Gasteiger partial charge is 0.541 e. The summed E-state index contributed by atoms with van der Waals surface area (Å²) in [7, 11) is 8.10. The van der Waals surface area contributed by atoms with E-state index in [1.54, 1.807) is 27.7 Å². The number of halogens is 1. The number of alkyl halides is 1. The molecule has 1 aromatic rings. The third-order valence-corrected chi connectivity index (χ3v) is 8.04. The molecule has 3 heterocycles. The number of carbonyl (C=O) groups is 5. The number of fused-ring (bicyclic) bond motifs is 1. The predicted octanol–water partition coefficient (Wildman–Crippen LogP) is -0.454. The van der Waals surface area contributed by atoms with Crippen molar-refractivity contribution in [2.24, 2.45) is 5.16 Å². The van der Waals surface area contributed by atoms with Gasteiger partial charge in [0, 0.05) is 17.4 Å². The Morgan fingerprint density at radius 3 is 2.52 bits per heavy atom. The van der Waals surface area contributed by atoms with Gasteiger partial charge in [-0.1, -0.05) is 12.1 Å². The van der Waals surface area contributed by atoms with Gasteiger partial charge in [-0.05, 0) is 32.8 Å². The standard InChI is InChI=1S/C21H23B2ClN6O10S2/c1-5-9(17(33)38-22)40-28-10(13-26-19(41-29-13)27-20(35)37-21(2,3)4)14(31)25-11-15(32)30-12(18(34)39-23)8(6-24)7-42(36)16(11)30/h9,11,16H,5-7H2,1-4H3,(H,25,31)(H,26,27,29,35)/b28-10-/t9-,11+,16+,42?/m0/s1. The molecule has 222 valence electrons. The lowest BCUT2D eigenvalue weighted by molar-refractivity contribution is -0.149. The van der Waals surface area contributed by atoms with E-state index < -0.39 is 69.5 Å². The molecule has 2 N–H and O–H groups in total. The summed E-state index contributed by atoms with van der Waals surface area (Å²) in [6, 6.07) is -1.39. The van der Waals surface area contributed by atoms with Crippen molar-refractivity contribution >= 4 is 90.7 Å². The van der Waals surface area contributed by atoms with Crippen molar-refractivity contribution in [2.45, 2.75) is 57.2 Å². The number of rotatable bonds is 10. The Hall–Kier alpha value is -3.51. The molecule has 4 atom stereocenters. The van der Waals surface area contributed by atoms with Gasteiger partial charge in [-0.3, -0.25) is 24.0 Å². The molecular weight excluding hydrogens is 617 g/mol. The number of β-lactam (4-membered cyclic amide) rings is 1. The number of nitrogens with one attached hydrogen (secondary N) is 2. The van der Waals surface area contributed by atoms with Crippen LogP contribution in [0.5, 0.6) is 0 Å². The maximum Gasteiger partial charge on any atom is 0.414 e. The Kier molecular flexibility index (Phi) is 10.7. The van der Waals surface area contributed by atoms with Crippen LogP contribution in [0.25, 0.3) is 0 Å². The van der Waals surface area contributed by atoms with Crippen LogP contribution in [0.1, 0.15) is 39.9 Å². The second kappa shape index (κ2) is 13.6. The zero-order valence-electron chi connectivity index (χ0n) is 22.6. The zero-order chi connectivity index (χ0) is 31.4. The van der Waals surface area contributed by atoms with Crippen LogP contribution in [-0.2, 0) is 48.9 Å². The molecule has 3 rings (SSSR count). The Labute approximate surface area is 253 Å². The van der Waals surface area contributed by atoms with E-state index in [0.717, 1.165) is 4.90 Å². The van der Waals surface area contributed by atoms with Crippen molar-refractivity contribution in [3.8, 4) is 0 Å². The molecule has 0 aliphatic carbocycles. The first-order valence-corrected chi connectivity index (χ1v) is 14.6. The molecule has 1 unspecified atom stereocenters. The quantitative estimate of drug-likeness (QED) is 0.110. The molecule has 0 saturated carbocycles.